The number of hydrogen-bond acceptors (Lipinski definition) is 5. The van der Waals surface area contributed by atoms with Crippen LogP contribution in [0.25, 0.3) is 0 Å². The zero-order valence-electron chi connectivity index (χ0n) is 13.4. The molecule has 0 bridgehead atoms. The van der Waals surface area contributed by atoms with E-state index in [-0.39, 0.29) is 6.61 Å². The molecule has 0 saturated heterocycles. The van der Waals surface area contributed by atoms with Gasteiger partial charge in [0.25, 0.3) is 5.91 Å². The van der Waals surface area contributed by atoms with E-state index >= 15 is 0 Å². The number of rotatable bonds is 6. The first-order valence-corrected chi connectivity index (χ1v) is 7.23. The maximum absolute atomic E-state index is 11.8. The van der Waals surface area contributed by atoms with E-state index in [1.165, 1.54) is 0 Å². The third-order valence-corrected chi connectivity index (χ3v) is 3.20. The van der Waals surface area contributed by atoms with Crippen LogP contribution in [0.1, 0.15) is 18.1 Å². The molecule has 0 radical (unpaired) electrons. The minimum Gasteiger partial charge on any atom is -0.497 e. The van der Waals surface area contributed by atoms with Crippen molar-refractivity contribution in [1.82, 2.24) is 5.43 Å². The highest BCUT2D eigenvalue weighted by atomic mass is 16.5. The number of amides is 1. The Kier molecular flexibility index (Phi) is 5.92. The fourth-order valence-corrected chi connectivity index (χ4v) is 1.92. The van der Waals surface area contributed by atoms with Crippen LogP contribution in [0.3, 0.4) is 0 Å². The third-order valence-electron chi connectivity index (χ3n) is 3.20. The van der Waals surface area contributed by atoms with Crippen LogP contribution in [0.4, 0.5) is 0 Å². The van der Waals surface area contributed by atoms with Crippen LogP contribution in [-0.2, 0) is 4.79 Å². The topological polar surface area (TPSA) is 83.7 Å². The quantitative estimate of drug-likeness (QED) is 0.654. The Balaban J connectivity index is 1.93. The highest BCUT2D eigenvalue weighted by Crippen LogP contribution is 2.16. The number of nitrogens with one attached hydrogen (secondary N) is 1. The summed E-state index contributed by atoms with van der Waals surface area (Å²) in [5.74, 6) is 0.665. The van der Waals surface area contributed by atoms with Gasteiger partial charge in [0.05, 0.1) is 18.4 Å². The van der Waals surface area contributed by atoms with Crippen molar-refractivity contribution in [2.24, 2.45) is 5.10 Å². The fourth-order valence-electron chi connectivity index (χ4n) is 1.92. The number of carbonyl (C=O) groups is 1. The van der Waals surface area contributed by atoms with E-state index in [4.69, 9.17) is 14.7 Å². The molecule has 1 amide bonds. The molecular weight excluding hydrogens is 306 g/mol. The highest BCUT2D eigenvalue weighted by molar-refractivity contribution is 5.99. The second-order valence-electron chi connectivity index (χ2n) is 4.86. The number of nitriles is 1. The molecule has 0 aliphatic carbocycles. The predicted octanol–water partition coefficient (Wildman–Crippen LogP) is 2.49. The summed E-state index contributed by atoms with van der Waals surface area (Å²) in [6.45, 7) is 1.55. The molecule has 0 fully saturated rings. The molecule has 1 N–H and O–H groups in total. The van der Waals surface area contributed by atoms with Crippen molar-refractivity contribution in [3.63, 3.8) is 0 Å². The summed E-state index contributed by atoms with van der Waals surface area (Å²) in [5.41, 5.74) is 4.28. The summed E-state index contributed by atoms with van der Waals surface area (Å²) in [4.78, 5) is 11.8. The van der Waals surface area contributed by atoms with Crippen LogP contribution in [0, 0.1) is 11.3 Å². The van der Waals surface area contributed by atoms with Crippen LogP contribution in [0.15, 0.2) is 53.6 Å². The molecular formula is C18H17N3O3. The Morgan fingerprint density at radius 3 is 2.79 bits per heavy atom. The molecule has 122 valence electrons. The molecule has 6 heteroatoms. The molecule has 0 heterocycles. The number of methoxy groups -OCH3 is 1. The summed E-state index contributed by atoms with van der Waals surface area (Å²) in [5, 5.41) is 13.0. The normalized spacial score (nSPS) is 10.6. The zero-order chi connectivity index (χ0) is 17.4. The lowest BCUT2D eigenvalue weighted by Gasteiger charge is -2.07. The van der Waals surface area contributed by atoms with Crippen LogP contribution < -0.4 is 14.9 Å². The maximum Gasteiger partial charge on any atom is 0.277 e. The van der Waals surface area contributed by atoms with E-state index in [1.807, 2.05) is 30.3 Å². The van der Waals surface area contributed by atoms with Crippen molar-refractivity contribution in [2.75, 3.05) is 13.7 Å². The molecule has 2 aromatic carbocycles. The molecule has 0 unspecified atom stereocenters. The van der Waals surface area contributed by atoms with Crippen molar-refractivity contribution in [3.05, 3.63) is 59.7 Å². The Hall–Kier alpha value is -3.33. The van der Waals surface area contributed by atoms with E-state index in [0.29, 0.717) is 22.8 Å². The SMILES string of the molecule is COc1cccc(/C(C)=N/NC(=O)COc2ccccc2C#N)c1. The smallest absolute Gasteiger partial charge is 0.277 e. The first-order valence-electron chi connectivity index (χ1n) is 7.23. The van der Waals surface area contributed by atoms with Gasteiger partial charge < -0.3 is 9.47 Å². The standard InChI is InChI=1S/C18H17N3O3/c1-13(14-7-5-8-16(10-14)23-2)20-21-18(22)12-24-17-9-4-3-6-15(17)11-19/h3-10H,12H2,1-2H3,(H,21,22)/b20-13+. The van der Waals surface area contributed by atoms with Crippen molar-refractivity contribution in [3.8, 4) is 17.6 Å². The molecule has 0 spiro atoms. The molecule has 0 saturated carbocycles. The number of hydrogen-bond donors (Lipinski definition) is 1. The molecule has 2 aromatic rings. The minimum atomic E-state index is -0.412. The minimum absolute atomic E-state index is 0.229. The van der Waals surface area contributed by atoms with Crippen molar-refractivity contribution < 1.29 is 14.3 Å². The number of nitrogens with zero attached hydrogens (tertiary/aromatic N) is 2. The lowest BCUT2D eigenvalue weighted by Crippen LogP contribution is -2.25. The van der Waals surface area contributed by atoms with Gasteiger partial charge in [0.1, 0.15) is 17.6 Å². The Bertz CT molecular complexity index is 794. The molecule has 24 heavy (non-hydrogen) atoms. The van der Waals surface area contributed by atoms with Gasteiger partial charge >= 0.3 is 0 Å². The molecule has 2 rings (SSSR count). The highest BCUT2D eigenvalue weighted by Gasteiger charge is 2.06. The van der Waals surface area contributed by atoms with Crippen LogP contribution in [0.5, 0.6) is 11.5 Å². The Morgan fingerprint density at radius 2 is 2.04 bits per heavy atom. The van der Waals surface area contributed by atoms with Crippen LogP contribution in [-0.4, -0.2) is 25.3 Å². The fraction of sp³-hybridized carbons (Fsp3) is 0.167. The van der Waals surface area contributed by atoms with E-state index in [2.05, 4.69) is 10.5 Å². The van der Waals surface area contributed by atoms with Gasteiger partial charge in [-0.15, -0.1) is 0 Å². The van der Waals surface area contributed by atoms with E-state index in [0.717, 1.165) is 5.56 Å². The number of carbonyl (C=O) groups excluding carboxylic acids is 1. The number of ether oxygens (including phenoxy) is 2. The summed E-state index contributed by atoms with van der Waals surface area (Å²) in [6, 6.07) is 16.1. The van der Waals surface area contributed by atoms with Crippen LogP contribution >= 0.6 is 0 Å². The van der Waals surface area contributed by atoms with Gasteiger partial charge in [-0.2, -0.15) is 10.4 Å². The van der Waals surface area contributed by atoms with E-state index < -0.39 is 5.91 Å². The summed E-state index contributed by atoms with van der Waals surface area (Å²) >= 11 is 0. The average Bonchev–Trinajstić information content (AvgIpc) is 2.64. The van der Waals surface area contributed by atoms with E-state index in [9.17, 15) is 4.79 Å². The summed E-state index contributed by atoms with van der Waals surface area (Å²) in [6.07, 6.45) is 0. The number of benzene rings is 2. The zero-order valence-corrected chi connectivity index (χ0v) is 13.4. The average molecular weight is 323 g/mol. The molecule has 0 atom stereocenters. The molecule has 0 aromatic heterocycles. The molecule has 0 aliphatic heterocycles. The van der Waals surface area contributed by atoms with Crippen molar-refractivity contribution in [2.45, 2.75) is 6.92 Å². The summed E-state index contributed by atoms with van der Waals surface area (Å²) in [7, 11) is 1.59. The van der Waals surface area contributed by atoms with Gasteiger partial charge in [-0.05, 0) is 31.2 Å². The second kappa shape index (κ2) is 8.34. The van der Waals surface area contributed by atoms with Gasteiger partial charge in [-0.25, -0.2) is 5.43 Å². The van der Waals surface area contributed by atoms with Gasteiger partial charge in [-0.1, -0.05) is 24.3 Å². The first kappa shape index (κ1) is 17.0. The third kappa shape index (κ3) is 4.58. The Morgan fingerprint density at radius 1 is 1.25 bits per heavy atom. The van der Waals surface area contributed by atoms with Gasteiger partial charge in [0, 0.05) is 5.56 Å². The van der Waals surface area contributed by atoms with Gasteiger partial charge in [0.2, 0.25) is 0 Å². The van der Waals surface area contributed by atoms with Crippen molar-refractivity contribution in [1.29, 1.82) is 5.26 Å². The predicted molar refractivity (Wildman–Crippen MR) is 90.0 cm³/mol. The second-order valence-corrected chi connectivity index (χ2v) is 4.86. The number of hydrazone groups is 1. The summed E-state index contributed by atoms with van der Waals surface area (Å²) < 4.78 is 10.5. The molecule has 0 aliphatic rings. The maximum atomic E-state index is 11.8. The van der Waals surface area contributed by atoms with Gasteiger partial charge in [0.15, 0.2) is 6.61 Å². The van der Waals surface area contributed by atoms with Crippen LogP contribution in [0.2, 0.25) is 0 Å². The lowest BCUT2D eigenvalue weighted by molar-refractivity contribution is -0.123. The van der Waals surface area contributed by atoms with E-state index in [1.54, 1.807) is 38.3 Å². The van der Waals surface area contributed by atoms with Crippen molar-refractivity contribution >= 4 is 11.6 Å². The Labute approximate surface area is 140 Å². The monoisotopic (exact) mass is 323 g/mol. The lowest BCUT2D eigenvalue weighted by atomic mass is 10.1. The van der Waals surface area contributed by atoms with Gasteiger partial charge in [-0.3, -0.25) is 4.79 Å². The first-order chi connectivity index (χ1) is 11.6. The number of para-hydroxylation sites is 1. The largest absolute Gasteiger partial charge is 0.497 e. The molecule has 6 nitrogen and oxygen atoms in total.